The molecule has 1 aliphatic rings. The second kappa shape index (κ2) is 2.92. The zero-order valence-electron chi connectivity index (χ0n) is 5.10. The SMILES string of the molecule is O=C1COCC1CCF. The topological polar surface area (TPSA) is 26.3 Å². The first-order valence-electron chi connectivity index (χ1n) is 3.01. The molecule has 9 heavy (non-hydrogen) atoms. The van der Waals surface area contributed by atoms with E-state index in [2.05, 4.69) is 0 Å². The van der Waals surface area contributed by atoms with Crippen LogP contribution in [-0.2, 0) is 9.53 Å². The molecule has 0 aliphatic carbocycles. The molecular weight excluding hydrogens is 123 g/mol. The summed E-state index contributed by atoms with van der Waals surface area (Å²) in [5, 5.41) is 0. The number of halogens is 1. The minimum atomic E-state index is -0.417. The largest absolute Gasteiger partial charge is 0.373 e. The average molecular weight is 132 g/mol. The fourth-order valence-electron chi connectivity index (χ4n) is 0.889. The number of carbonyl (C=O) groups is 1. The van der Waals surface area contributed by atoms with E-state index in [9.17, 15) is 9.18 Å². The number of Topliss-reactive ketones (excluding diaryl/α,β-unsaturated/α-hetero) is 1. The summed E-state index contributed by atoms with van der Waals surface area (Å²) in [5.41, 5.74) is 0. The van der Waals surface area contributed by atoms with E-state index in [4.69, 9.17) is 4.74 Å². The van der Waals surface area contributed by atoms with Gasteiger partial charge in [0.05, 0.1) is 13.3 Å². The molecule has 0 amide bonds. The Morgan fingerprint density at radius 3 is 3.00 bits per heavy atom. The van der Waals surface area contributed by atoms with Crippen LogP contribution in [0.5, 0.6) is 0 Å². The van der Waals surface area contributed by atoms with Crippen molar-refractivity contribution < 1.29 is 13.9 Å². The summed E-state index contributed by atoms with van der Waals surface area (Å²) < 4.78 is 16.4. The van der Waals surface area contributed by atoms with Crippen LogP contribution >= 0.6 is 0 Å². The molecule has 0 saturated carbocycles. The molecule has 0 aromatic carbocycles. The van der Waals surface area contributed by atoms with Gasteiger partial charge < -0.3 is 4.74 Å². The number of hydrogen-bond donors (Lipinski definition) is 0. The lowest BCUT2D eigenvalue weighted by Crippen LogP contribution is -2.11. The lowest BCUT2D eigenvalue weighted by molar-refractivity contribution is -0.120. The Hall–Kier alpha value is -0.440. The summed E-state index contributed by atoms with van der Waals surface area (Å²) in [4.78, 5) is 10.7. The molecule has 52 valence electrons. The number of ether oxygens (including phenoxy) is 1. The zero-order chi connectivity index (χ0) is 6.69. The molecule has 1 saturated heterocycles. The van der Waals surface area contributed by atoms with Gasteiger partial charge in [-0.3, -0.25) is 9.18 Å². The fraction of sp³-hybridized carbons (Fsp3) is 0.833. The Kier molecular flexibility index (Phi) is 2.16. The summed E-state index contributed by atoms with van der Waals surface area (Å²) >= 11 is 0. The minimum Gasteiger partial charge on any atom is -0.373 e. The Morgan fingerprint density at radius 1 is 1.78 bits per heavy atom. The lowest BCUT2D eigenvalue weighted by Gasteiger charge is -1.98. The van der Waals surface area contributed by atoms with Crippen molar-refractivity contribution in [3.05, 3.63) is 0 Å². The number of alkyl halides is 1. The third kappa shape index (κ3) is 1.48. The Labute approximate surface area is 53.0 Å². The zero-order valence-corrected chi connectivity index (χ0v) is 5.10. The molecule has 2 nitrogen and oxygen atoms in total. The molecule has 0 spiro atoms. The lowest BCUT2D eigenvalue weighted by atomic mass is 10.1. The Bertz CT molecular complexity index is 114. The first kappa shape index (κ1) is 6.68. The van der Waals surface area contributed by atoms with Gasteiger partial charge in [-0.15, -0.1) is 0 Å². The molecule has 1 fully saturated rings. The summed E-state index contributed by atoms with van der Waals surface area (Å²) in [7, 11) is 0. The van der Waals surface area contributed by atoms with Crippen LogP contribution in [0.25, 0.3) is 0 Å². The van der Waals surface area contributed by atoms with E-state index in [0.29, 0.717) is 13.0 Å². The third-order valence-corrected chi connectivity index (χ3v) is 1.48. The molecular formula is C6H9FO2. The molecule has 1 unspecified atom stereocenters. The van der Waals surface area contributed by atoms with Crippen molar-refractivity contribution >= 4 is 5.78 Å². The standard InChI is InChI=1S/C6H9FO2/c7-2-1-5-3-9-4-6(5)8/h5H,1-4H2. The van der Waals surface area contributed by atoms with Crippen LogP contribution in [0.15, 0.2) is 0 Å². The van der Waals surface area contributed by atoms with Crippen molar-refractivity contribution in [3.63, 3.8) is 0 Å². The van der Waals surface area contributed by atoms with Gasteiger partial charge in [0.2, 0.25) is 0 Å². The first-order valence-corrected chi connectivity index (χ1v) is 3.01. The summed E-state index contributed by atoms with van der Waals surface area (Å²) in [6.07, 6.45) is 0.332. The van der Waals surface area contributed by atoms with Crippen molar-refractivity contribution in [1.82, 2.24) is 0 Å². The van der Waals surface area contributed by atoms with Crippen LogP contribution in [0.3, 0.4) is 0 Å². The molecule has 0 aromatic rings. The fourth-order valence-corrected chi connectivity index (χ4v) is 0.889. The minimum absolute atomic E-state index is 0.0488. The molecule has 0 aromatic heterocycles. The maximum atomic E-state index is 11.6. The van der Waals surface area contributed by atoms with Gasteiger partial charge in [0.15, 0.2) is 5.78 Å². The van der Waals surface area contributed by atoms with Gasteiger partial charge in [0.1, 0.15) is 6.61 Å². The number of hydrogen-bond acceptors (Lipinski definition) is 2. The van der Waals surface area contributed by atoms with Crippen molar-refractivity contribution in [2.45, 2.75) is 6.42 Å². The van der Waals surface area contributed by atoms with Crippen LogP contribution in [0.1, 0.15) is 6.42 Å². The van der Waals surface area contributed by atoms with E-state index >= 15 is 0 Å². The quantitative estimate of drug-likeness (QED) is 0.548. The maximum absolute atomic E-state index is 11.6. The Morgan fingerprint density at radius 2 is 2.56 bits per heavy atom. The van der Waals surface area contributed by atoms with Gasteiger partial charge in [0, 0.05) is 5.92 Å². The van der Waals surface area contributed by atoms with E-state index in [1.54, 1.807) is 0 Å². The first-order chi connectivity index (χ1) is 4.34. The summed E-state index contributed by atoms with van der Waals surface area (Å²) in [6, 6.07) is 0. The molecule has 0 bridgehead atoms. The van der Waals surface area contributed by atoms with Gasteiger partial charge in [-0.2, -0.15) is 0 Å². The smallest absolute Gasteiger partial charge is 0.163 e. The van der Waals surface area contributed by atoms with Crippen LogP contribution in [0, 0.1) is 5.92 Å². The van der Waals surface area contributed by atoms with E-state index < -0.39 is 6.67 Å². The number of ketones is 1. The molecule has 1 rings (SSSR count). The third-order valence-electron chi connectivity index (χ3n) is 1.48. The highest BCUT2D eigenvalue weighted by Crippen LogP contribution is 2.12. The normalized spacial score (nSPS) is 27.2. The molecule has 1 heterocycles. The van der Waals surface area contributed by atoms with E-state index in [-0.39, 0.29) is 18.3 Å². The number of carbonyl (C=O) groups excluding carboxylic acids is 1. The van der Waals surface area contributed by atoms with E-state index in [0.717, 1.165) is 0 Å². The average Bonchev–Trinajstić information content (AvgIpc) is 2.18. The predicted octanol–water partition coefficient (Wildman–Crippen LogP) is 0.561. The van der Waals surface area contributed by atoms with E-state index in [1.165, 1.54) is 0 Å². The van der Waals surface area contributed by atoms with Gasteiger partial charge in [-0.25, -0.2) is 0 Å². The van der Waals surface area contributed by atoms with Gasteiger partial charge in [-0.05, 0) is 6.42 Å². The maximum Gasteiger partial charge on any atom is 0.163 e. The van der Waals surface area contributed by atoms with Crippen LogP contribution in [0.4, 0.5) is 4.39 Å². The van der Waals surface area contributed by atoms with Crippen molar-refractivity contribution in [2.75, 3.05) is 19.9 Å². The molecule has 3 heteroatoms. The van der Waals surface area contributed by atoms with Crippen LogP contribution in [-0.4, -0.2) is 25.7 Å². The van der Waals surface area contributed by atoms with Gasteiger partial charge >= 0.3 is 0 Å². The monoisotopic (exact) mass is 132 g/mol. The molecule has 1 aliphatic heterocycles. The highest BCUT2D eigenvalue weighted by molar-refractivity contribution is 5.83. The van der Waals surface area contributed by atoms with Gasteiger partial charge in [0.25, 0.3) is 0 Å². The highest BCUT2D eigenvalue weighted by Gasteiger charge is 2.24. The van der Waals surface area contributed by atoms with Crippen molar-refractivity contribution in [1.29, 1.82) is 0 Å². The highest BCUT2D eigenvalue weighted by atomic mass is 19.1. The van der Waals surface area contributed by atoms with Crippen molar-refractivity contribution in [2.24, 2.45) is 5.92 Å². The van der Waals surface area contributed by atoms with Crippen LogP contribution in [0.2, 0.25) is 0 Å². The van der Waals surface area contributed by atoms with Crippen LogP contribution < -0.4 is 0 Å². The Balaban J connectivity index is 2.31. The molecule has 1 atom stereocenters. The van der Waals surface area contributed by atoms with Gasteiger partial charge in [-0.1, -0.05) is 0 Å². The number of rotatable bonds is 2. The summed E-state index contributed by atoms with van der Waals surface area (Å²) in [5.74, 6) is -0.109. The molecule has 0 radical (unpaired) electrons. The molecule has 0 N–H and O–H groups in total. The second-order valence-corrected chi connectivity index (χ2v) is 2.16. The predicted molar refractivity (Wildman–Crippen MR) is 29.9 cm³/mol. The summed E-state index contributed by atoms with van der Waals surface area (Å²) in [6.45, 7) is 0.188. The van der Waals surface area contributed by atoms with Crippen molar-refractivity contribution in [3.8, 4) is 0 Å². The van der Waals surface area contributed by atoms with E-state index in [1.807, 2.05) is 0 Å². The second-order valence-electron chi connectivity index (χ2n) is 2.16.